The summed E-state index contributed by atoms with van der Waals surface area (Å²) in [5, 5.41) is 4.11. The number of quaternary nitrogens is 1. The van der Waals surface area contributed by atoms with Crippen LogP contribution in [0.2, 0.25) is 0 Å². The molecule has 0 fully saturated rings. The summed E-state index contributed by atoms with van der Waals surface area (Å²) in [6.45, 7) is 12.9. The summed E-state index contributed by atoms with van der Waals surface area (Å²) in [5.74, 6) is 0.229. The number of amides is 1. The van der Waals surface area contributed by atoms with Gasteiger partial charge in [-0.25, -0.2) is 4.98 Å². The van der Waals surface area contributed by atoms with Crippen LogP contribution in [-0.2, 0) is 11.3 Å². The first-order valence-electron chi connectivity index (χ1n) is 10.1. The van der Waals surface area contributed by atoms with Crippen molar-refractivity contribution in [2.45, 2.75) is 64.8 Å². The van der Waals surface area contributed by atoms with Gasteiger partial charge >= 0.3 is 0 Å². The number of carbonyl (C=O) groups is 1. The van der Waals surface area contributed by atoms with Gasteiger partial charge < -0.3 is 10.2 Å². The third kappa shape index (κ3) is 5.82. The van der Waals surface area contributed by atoms with Crippen LogP contribution >= 0.6 is 11.8 Å². The summed E-state index contributed by atoms with van der Waals surface area (Å²) in [7, 11) is 0. The highest BCUT2D eigenvalue weighted by molar-refractivity contribution is 7.99. The zero-order valence-corrected chi connectivity index (χ0v) is 18.4. The molecule has 1 aromatic carbocycles. The summed E-state index contributed by atoms with van der Waals surface area (Å²) < 4.78 is 1.74. The van der Waals surface area contributed by atoms with Crippen LogP contribution in [0.25, 0.3) is 10.9 Å². The summed E-state index contributed by atoms with van der Waals surface area (Å²) >= 11 is 1.33. The van der Waals surface area contributed by atoms with Crippen molar-refractivity contribution in [1.29, 1.82) is 0 Å². The Bertz CT molecular complexity index is 840. The molecule has 7 heteroatoms. The predicted octanol–water partition coefficient (Wildman–Crippen LogP) is 1.72. The topological polar surface area (TPSA) is 68.4 Å². The Morgan fingerprint density at radius 3 is 2.54 bits per heavy atom. The molecule has 0 aliphatic rings. The molecule has 0 bridgehead atoms. The Kier molecular flexibility index (Phi) is 8.51. The van der Waals surface area contributed by atoms with Crippen LogP contribution in [0.5, 0.6) is 0 Å². The van der Waals surface area contributed by atoms with Gasteiger partial charge in [-0.05, 0) is 46.2 Å². The average Bonchev–Trinajstić information content (AvgIpc) is 2.66. The second-order valence-corrected chi connectivity index (χ2v) is 8.58. The lowest BCUT2D eigenvalue weighted by atomic mass is 10.2. The Morgan fingerprint density at radius 2 is 1.89 bits per heavy atom. The molecule has 0 saturated carbocycles. The molecule has 0 unspecified atom stereocenters. The Morgan fingerprint density at radius 1 is 1.21 bits per heavy atom. The van der Waals surface area contributed by atoms with E-state index in [4.69, 9.17) is 4.98 Å². The highest BCUT2D eigenvalue weighted by atomic mass is 32.2. The molecule has 1 aromatic heterocycles. The van der Waals surface area contributed by atoms with Gasteiger partial charge in [-0.3, -0.25) is 14.2 Å². The van der Waals surface area contributed by atoms with Crippen molar-refractivity contribution in [1.82, 2.24) is 14.9 Å². The van der Waals surface area contributed by atoms with Crippen LogP contribution < -0.4 is 15.8 Å². The maximum absolute atomic E-state index is 13.1. The largest absolute Gasteiger partial charge is 0.355 e. The van der Waals surface area contributed by atoms with Crippen LogP contribution in [0.1, 0.15) is 41.0 Å². The first-order chi connectivity index (χ1) is 13.3. The van der Waals surface area contributed by atoms with Crippen LogP contribution in [-0.4, -0.2) is 46.4 Å². The second-order valence-electron chi connectivity index (χ2n) is 7.64. The van der Waals surface area contributed by atoms with Crippen molar-refractivity contribution in [2.75, 3.05) is 18.8 Å². The lowest BCUT2D eigenvalue weighted by Gasteiger charge is -2.28. The van der Waals surface area contributed by atoms with E-state index in [1.165, 1.54) is 16.7 Å². The highest BCUT2D eigenvalue weighted by Crippen LogP contribution is 2.17. The monoisotopic (exact) mass is 405 g/mol. The standard InChI is InChI=1S/C21H32N4O2S/c1-6-11-22-19(26)14-28-21-23-18-10-8-7-9-17(18)20(27)25(21)13-12-24(15(2)3)16(4)5/h7-10,15-16H,6,11-14H2,1-5H3,(H,22,26)/p+1. The van der Waals surface area contributed by atoms with Crippen molar-refractivity contribution in [3.63, 3.8) is 0 Å². The summed E-state index contributed by atoms with van der Waals surface area (Å²) in [6, 6.07) is 8.35. The number of aromatic nitrogens is 2. The number of para-hydroxylation sites is 1. The van der Waals surface area contributed by atoms with E-state index < -0.39 is 0 Å². The molecule has 0 atom stereocenters. The first kappa shape index (κ1) is 22.4. The number of thioether (sulfide) groups is 1. The Labute approximate surface area is 171 Å². The third-order valence-electron chi connectivity index (χ3n) is 4.84. The van der Waals surface area contributed by atoms with Gasteiger partial charge in [-0.2, -0.15) is 0 Å². The number of benzene rings is 1. The van der Waals surface area contributed by atoms with Gasteiger partial charge in [0, 0.05) is 6.54 Å². The van der Waals surface area contributed by atoms with Gasteiger partial charge in [0.15, 0.2) is 5.16 Å². The molecule has 0 spiro atoms. The molecule has 0 aliphatic heterocycles. The number of rotatable bonds is 10. The maximum Gasteiger partial charge on any atom is 0.262 e. The smallest absolute Gasteiger partial charge is 0.262 e. The van der Waals surface area contributed by atoms with Crippen molar-refractivity contribution in [2.24, 2.45) is 0 Å². The predicted molar refractivity (Wildman–Crippen MR) is 116 cm³/mol. The van der Waals surface area contributed by atoms with Crippen molar-refractivity contribution >= 4 is 28.6 Å². The normalized spacial score (nSPS) is 11.7. The minimum absolute atomic E-state index is 0.0302. The average molecular weight is 406 g/mol. The van der Waals surface area contributed by atoms with Crippen LogP contribution in [0.4, 0.5) is 0 Å². The Balaban J connectivity index is 2.31. The van der Waals surface area contributed by atoms with Crippen LogP contribution in [0, 0.1) is 0 Å². The number of nitrogens with one attached hydrogen (secondary N) is 2. The minimum Gasteiger partial charge on any atom is -0.355 e. The highest BCUT2D eigenvalue weighted by Gasteiger charge is 2.19. The van der Waals surface area contributed by atoms with Crippen LogP contribution in [0.15, 0.2) is 34.2 Å². The lowest BCUT2D eigenvalue weighted by molar-refractivity contribution is -0.942. The molecule has 0 saturated heterocycles. The molecule has 2 aromatic rings. The summed E-state index contributed by atoms with van der Waals surface area (Å²) in [5.41, 5.74) is 0.645. The van der Waals surface area contributed by atoms with E-state index >= 15 is 0 Å². The van der Waals surface area contributed by atoms with Gasteiger partial charge in [0.1, 0.15) is 0 Å². The van der Waals surface area contributed by atoms with Crippen molar-refractivity contribution in [3.05, 3.63) is 34.6 Å². The quantitative estimate of drug-likeness (QED) is 0.467. The lowest BCUT2D eigenvalue weighted by Crippen LogP contribution is -3.18. The first-order valence-corrected chi connectivity index (χ1v) is 11.1. The molecule has 6 nitrogen and oxygen atoms in total. The molecular weight excluding hydrogens is 372 g/mol. The van der Waals surface area contributed by atoms with E-state index in [0.717, 1.165) is 13.0 Å². The molecular formula is C21H33N4O2S+. The number of nitrogens with zero attached hydrogens (tertiary/aromatic N) is 2. The van der Waals surface area contributed by atoms with E-state index in [9.17, 15) is 9.59 Å². The van der Waals surface area contributed by atoms with E-state index in [0.29, 0.717) is 41.2 Å². The molecule has 2 N–H and O–H groups in total. The number of hydrogen-bond acceptors (Lipinski definition) is 4. The molecule has 2 rings (SSSR count). The molecule has 28 heavy (non-hydrogen) atoms. The van der Waals surface area contributed by atoms with Gasteiger partial charge in [0.25, 0.3) is 5.56 Å². The van der Waals surface area contributed by atoms with Crippen molar-refractivity contribution in [3.8, 4) is 0 Å². The van der Waals surface area contributed by atoms with Crippen LogP contribution in [0.3, 0.4) is 0 Å². The SMILES string of the molecule is CCCNC(=O)CSc1nc2ccccc2c(=O)n1CC[NH+](C(C)C)C(C)C. The van der Waals surface area contributed by atoms with E-state index in [-0.39, 0.29) is 17.2 Å². The van der Waals surface area contributed by atoms with E-state index in [2.05, 4.69) is 33.0 Å². The fourth-order valence-corrected chi connectivity index (χ4v) is 4.24. The number of carbonyl (C=O) groups excluding carboxylic acids is 1. The molecule has 1 amide bonds. The number of fused-ring (bicyclic) bond motifs is 1. The summed E-state index contributed by atoms with van der Waals surface area (Å²) in [6.07, 6.45) is 0.901. The zero-order chi connectivity index (χ0) is 20.7. The Hall–Kier alpha value is -1.86. The fourth-order valence-electron chi connectivity index (χ4n) is 3.39. The zero-order valence-electron chi connectivity index (χ0n) is 17.6. The van der Waals surface area contributed by atoms with Gasteiger partial charge in [-0.1, -0.05) is 30.8 Å². The second kappa shape index (κ2) is 10.6. The number of hydrogen-bond donors (Lipinski definition) is 2. The molecule has 0 aliphatic carbocycles. The summed E-state index contributed by atoms with van der Waals surface area (Å²) in [4.78, 5) is 31.3. The molecule has 1 heterocycles. The maximum atomic E-state index is 13.1. The minimum atomic E-state index is -0.0334. The third-order valence-corrected chi connectivity index (χ3v) is 5.81. The van der Waals surface area contributed by atoms with Gasteiger partial charge in [-0.15, -0.1) is 0 Å². The van der Waals surface area contributed by atoms with E-state index in [1.807, 2.05) is 31.2 Å². The fraction of sp³-hybridized carbons (Fsp3) is 0.571. The van der Waals surface area contributed by atoms with Crippen molar-refractivity contribution < 1.29 is 9.69 Å². The molecule has 154 valence electrons. The van der Waals surface area contributed by atoms with Gasteiger partial charge in [0.05, 0.1) is 41.8 Å². The molecule has 0 radical (unpaired) electrons. The van der Waals surface area contributed by atoms with E-state index in [1.54, 1.807) is 4.57 Å². The van der Waals surface area contributed by atoms with Gasteiger partial charge in [0.2, 0.25) is 5.91 Å².